The highest BCUT2D eigenvalue weighted by Crippen LogP contribution is 2.18. The largest absolute Gasteiger partial charge is 0.481 e. The van der Waals surface area contributed by atoms with E-state index in [1.807, 2.05) is 31.2 Å². The van der Waals surface area contributed by atoms with Crippen molar-refractivity contribution >= 4 is 17.7 Å². The lowest BCUT2D eigenvalue weighted by Crippen LogP contribution is -1.97. The second-order valence-electron chi connectivity index (χ2n) is 2.50. The summed E-state index contributed by atoms with van der Waals surface area (Å²) in [5.74, 6) is -0.648. The Balaban J connectivity index is 2.57. The van der Waals surface area contributed by atoms with Crippen LogP contribution in [0.4, 0.5) is 0 Å². The SMILES string of the molecule is Cc1cccc(SCC(=O)O)c1. The molecule has 1 N–H and O–H groups in total. The van der Waals surface area contributed by atoms with Gasteiger partial charge >= 0.3 is 5.97 Å². The van der Waals surface area contributed by atoms with Crippen molar-refractivity contribution in [3.63, 3.8) is 0 Å². The van der Waals surface area contributed by atoms with Gasteiger partial charge < -0.3 is 5.11 Å². The van der Waals surface area contributed by atoms with Crippen LogP contribution in [-0.2, 0) is 4.79 Å². The number of aliphatic carboxylic acids is 1. The highest BCUT2D eigenvalue weighted by atomic mass is 32.2. The second-order valence-corrected chi connectivity index (χ2v) is 3.55. The lowest BCUT2D eigenvalue weighted by Gasteiger charge is -1.98. The number of carbonyl (C=O) groups is 1. The van der Waals surface area contributed by atoms with Gasteiger partial charge in [-0.05, 0) is 19.1 Å². The normalized spacial score (nSPS) is 9.75. The summed E-state index contributed by atoms with van der Waals surface area (Å²) in [4.78, 5) is 11.2. The van der Waals surface area contributed by atoms with Crippen molar-refractivity contribution < 1.29 is 9.90 Å². The van der Waals surface area contributed by atoms with E-state index in [2.05, 4.69) is 0 Å². The van der Waals surface area contributed by atoms with Crippen LogP contribution in [0.1, 0.15) is 5.56 Å². The molecule has 0 atom stereocenters. The predicted molar refractivity (Wildman–Crippen MR) is 49.5 cm³/mol. The molecule has 0 aliphatic rings. The standard InChI is InChI=1S/C9H10O2S/c1-7-3-2-4-8(5-7)12-6-9(10)11/h2-5H,6H2,1H3,(H,10,11). The van der Waals surface area contributed by atoms with Crippen molar-refractivity contribution in [2.75, 3.05) is 5.75 Å². The predicted octanol–water partition coefficient (Wildman–Crippen LogP) is 2.17. The van der Waals surface area contributed by atoms with E-state index in [1.54, 1.807) is 0 Å². The number of carboxylic acids is 1. The van der Waals surface area contributed by atoms with Crippen LogP contribution < -0.4 is 0 Å². The van der Waals surface area contributed by atoms with Gasteiger partial charge in [-0.2, -0.15) is 0 Å². The van der Waals surface area contributed by atoms with Crippen molar-refractivity contribution in [1.82, 2.24) is 0 Å². The van der Waals surface area contributed by atoms with Gasteiger partial charge in [-0.25, -0.2) is 0 Å². The molecule has 0 aliphatic heterocycles. The molecule has 2 nitrogen and oxygen atoms in total. The molecule has 1 aromatic rings. The van der Waals surface area contributed by atoms with Crippen LogP contribution in [0.25, 0.3) is 0 Å². The Labute approximate surface area is 75.6 Å². The van der Waals surface area contributed by atoms with Crippen molar-refractivity contribution in [1.29, 1.82) is 0 Å². The highest BCUT2D eigenvalue weighted by molar-refractivity contribution is 8.00. The van der Waals surface area contributed by atoms with Crippen LogP contribution in [0.2, 0.25) is 0 Å². The summed E-state index contributed by atoms with van der Waals surface area (Å²) in [5.41, 5.74) is 1.16. The summed E-state index contributed by atoms with van der Waals surface area (Å²) in [6.45, 7) is 1.99. The molecule has 0 aromatic heterocycles. The molecule has 0 saturated carbocycles. The minimum absolute atomic E-state index is 0.128. The molecular weight excluding hydrogens is 172 g/mol. The van der Waals surface area contributed by atoms with E-state index in [0.29, 0.717) is 0 Å². The number of hydrogen-bond acceptors (Lipinski definition) is 2. The summed E-state index contributed by atoms with van der Waals surface area (Å²) in [6, 6.07) is 7.82. The average Bonchev–Trinajstić information content (AvgIpc) is 2.01. The van der Waals surface area contributed by atoms with E-state index < -0.39 is 5.97 Å². The van der Waals surface area contributed by atoms with Crippen LogP contribution >= 0.6 is 11.8 Å². The maximum absolute atomic E-state index is 10.2. The molecule has 0 fully saturated rings. The highest BCUT2D eigenvalue weighted by Gasteiger charge is 1.98. The fourth-order valence-electron chi connectivity index (χ4n) is 0.850. The lowest BCUT2D eigenvalue weighted by atomic mass is 10.2. The summed E-state index contributed by atoms with van der Waals surface area (Å²) in [6.07, 6.45) is 0. The van der Waals surface area contributed by atoms with Crippen molar-refractivity contribution in [2.24, 2.45) is 0 Å². The Hall–Kier alpha value is -0.960. The van der Waals surface area contributed by atoms with Gasteiger partial charge in [0.15, 0.2) is 0 Å². The van der Waals surface area contributed by atoms with Gasteiger partial charge in [-0.3, -0.25) is 4.79 Å². The monoisotopic (exact) mass is 182 g/mol. The maximum Gasteiger partial charge on any atom is 0.313 e. The second kappa shape index (κ2) is 4.16. The minimum Gasteiger partial charge on any atom is -0.481 e. The molecule has 0 radical (unpaired) electrons. The van der Waals surface area contributed by atoms with E-state index in [0.717, 1.165) is 10.5 Å². The third-order valence-electron chi connectivity index (χ3n) is 1.35. The van der Waals surface area contributed by atoms with Crippen LogP contribution in [0.5, 0.6) is 0 Å². The Morgan fingerprint density at radius 2 is 2.33 bits per heavy atom. The Morgan fingerprint density at radius 1 is 1.58 bits per heavy atom. The molecule has 64 valence electrons. The third kappa shape index (κ3) is 2.96. The first-order valence-electron chi connectivity index (χ1n) is 3.60. The quantitative estimate of drug-likeness (QED) is 0.728. The third-order valence-corrected chi connectivity index (χ3v) is 2.33. The van der Waals surface area contributed by atoms with Crippen LogP contribution in [0.15, 0.2) is 29.2 Å². The van der Waals surface area contributed by atoms with Crippen molar-refractivity contribution in [3.05, 3.63) is 29.8 Å². The Kier molecular flexibility index (Phi) is 3.17. The molecule has 0 spiro atoms. The number of rotatable bonds is 3. The van der Waals surface area contributed by atoms with E-state index in [9.17, 15) is 4.79 Å². The molecule has 0 heterocycles. The Morgan fingerprint density at radius 3 is 2.92 bits per heavy atom. The molecule has 1 rings (SSSR count). The topological polar surface area (TPSA) is 37.3 Å². The fourth-order valence-corrected chi connectivity index (χ4v) is 1.58. The summed E-state index contributed by atoms with van der Waals surface area (Å²) >= 11 is 1.34. The molecule has 0 unspecified atom stereocenters. The first kappa shape index (κ1) is 9.13. The number of benzene rings is 1. The van der Waals surface area contributed by atoms with Crippen LogP contribution in [0.3, 0.4) is 0 Å². The summed E-state index contributed by atoms with van der Waals surface area (Å²) < 4.78 is 0. The molecule has 0 aliphatic carbocycles. The number of hydrogen-bond donors (Lipinski definition) is 1. The van der Waals surface area contributed by atoms with Gasteiger partial charge in [0.1, 0.15) is 0 Å². The van der Waals surface area contributed by atoms with Crippen molar-refractivity contribution in [3.8, 4) is 0 Å². The van der Waals surface area contributed by atoms with Gasteiger partial charge in [0.2, 0.25) is 0 Å². The van der Waals surface area contributed by atoms with Gasteiger partial charge in [-0.15, -0.1) is 11.8 Å². The minimum atomic E-state index is -0.776. The van der Waals surface area contributed by atoms with Crippen molar-refractivity contribution in [2.45, 2.75) is 11.8 Å². The van der Waals surface area contributed by atoms with Gasteiger partial charge in [0.05, 0.1) is 5.75 Å². The summed E-state index contributed by atoms with van der Waals surface area (Å²) in [5, 5.41) is 8.42. The first-order chi connectivity index (χ1) is 5.68. The maximum atomic E-state index is 10.2. The number of aryl methyl sites for hydroxylation is 1. The zero-order chi connectivity index (χ0) is 8.97. The number of carboxylic acid groups (broad SMARTS) is 1. The first-order valence-corrected chi connectivity index (χ1v) is 4.58. The molecule has 12 heavy (non-hydrogen) atoms. The van der Waals surface area contributed by atoms with Gasteiger partial charge in [0, 0.05) is 4.90 Å². The average molecular weight is 182 g/mol. The van der Waals surface area contributed by atoms with E-state index >= 15 is 0 Å². The van der Waals surface area contributed by atoms with Crippen LogP contribution in [0, 0.1) is 6.92 Å². The Bertz CT molecular complexity index is 284. The zero-order valence-corrected chi connectivity index (χ0v) is 7.60. The van der Waals surface area contributed by atoms with E-state index in [-0.39, 0.29) is 5.75 Å². The van der Waals surface area contributed by atoms with Crippen LogP contribution in [-0.4, -0.2) is 16.8 Å². The zero-order valence-electron chi connectivity index (χ0n) is 6.78. The van der Waals surface area contributed by atoms with Gasteiger partial charge in [0.25, 0.3) is 0 Å². The lowest BCUT2D eigenvalue weighted by molar-refractivity contribution is -0.133. The van der Waals surface area contributed by atoms with E-state index in [4.69, 9.17) is 5.11 Å². The molecular formula is C9H10O2S. The molecule has 0 saturated heterocycles. The fraction of sp³-hybridized carbons (Fsp3) is 0.222. The molecule has 1 aromatic carbocycles. The molecule has 3 heteroatoms. The summed E-state index contributed by atoms with van der Waals surface area (Å²) in [7, 11) is 0. The number of thioether (sulfide) groups is 1. The molecule has 0 amide bonds. The smallest absolute Gasteiger partial charge is 0.313 e. The molecule has 0 bridgehead atoms. The van der Waals surface area contributed by atoms with Gasteiger partial charge in [-0.1, -0.05) is 17.7 Å². The van der Waals surface area contributed by atoms with E-state index in [1.165, 1.54) is 11.8 Å².